The van der Waals surface area contributed by atoms with Crippen molar-refractivity contribution in [2.45, 2.75) is 43.1 Å². The van der Waals surface area contributed by atoms with Crippen LogP contribution in [0.2, 0.25) is 0 Å². The van der Waals surface area contributed by atoms with E-state index in [9.17, 15) is 44.3 Å². The maximum Gasteiger partial charge on any atom is 0.466 e. The van der Waals surface area contributed by atoms with E-state index in [0.29, 0.717) is 6.42 Å². The largest absolute Gasteiger partial charge is 0.466 e. The first-order valence-electron chi connectivity index (χ1n) is 7.28. The number of halogens is 6. The van der Waals surface area contributed by atoms with Crippen LogP contribution in [0, 0.1) is 0 Å². The molecule has 0 spiro atoms. The molecule has 1 unspecified atom stereocenters. The van der Waals surface area contributed by atoms with E-state index < -0.39 is 57.6 Å². The van der Waals surface area contributed by atoms with Gasteiger partial charge in [-0.25, -0.2) is 9.59 Å². The molecule has 0 N–H and O–H groups in total. The average molecular weight is 444 g/mol. The first kappa shape index (κ1) is 24.3. The Balaban J connectivity index is 3.06. The van der Waals surface area contributed by atoms with Crippen molar-refractivity contribution in [2.24, 2.45) is 0 Å². The highest BCUT2D eigenvalue weighted by atomic mass is 32.2. The standard InChI is InChI=1S/C13H14F6O8S/c1-7(14)9(20)26-10(21)13(18,19)28(22,23)27-8(12(15,16)17)6-11(2)24-4-3-5-25-11/h8H,1,3-6H2,2H3. The van der Waals surface area contributed by atoms with E-state index in [-0.39, 0.29) is 13.2 Å². The monoisotopic (exact) mass is 444 g/mol. The smallest absolute Gasteiger partial charge is 0.382 e. The number of carbonyl (C=O) groups is 2. The summed E-state index contributed by atoms with van der Waals surface area (Å²) in [4.78, 5) is 21.8. The van der Waals surface area contributed by atoms with Gasteiger partial charge >= 0.3 is 33.5 Å². The van der Waals surface area contributed by atoms with Crippen LogP contribution in [0.3, 0.4) is 0 Å². The highest BCUT2D eigenvalue weighted by molar-refractivity contribution is 7.88. The van der Waals surface area contributed by atoms with Gasteiger partial charge in [0.25, 0.3) is 0 Å². The van der Waals surface area contributed by atoms with Gasteiger partial charge < -0.3 is 14.2 Å². The van der Waals surface area contributed by atoms with Gasteiger partial charge in [0.05, 0.1) is 13.2 Å². The number of alkyl halides is 5. The molecule has 0 bridgehead atoms. The fourth-order valence-electron chi connectivity index (χ4n) is 1.85. The van der Waals surface area contributed by atoms with E-state index in [1.807, 2.05) is 0 Å². The topological polar surface area (TPSA) is 105 Å². The maximum absolute atomic E-state index is 13.7. The lowest BCUT2D eigenvalue weighted by atomic mass is 10.1. The molecule has 0 aromatic rings. The van der Waals surface area contributed by atoms with Crippen LogP contribution in [0.4, 0.5) is 26.3 Å². The van der Waals surface area contributed by atoms with Crippen molar-refractivity contribution in [2.75, 3.05) is 13.2 Å². The third-order valence-electron chi connectivity index (χ3n) is 3.23. The second-order valence-electron chi connectivity index (χ2n) is 5.57. The van der Waals surface area contributed by atoms with Gasteiger partial charge in [-0.3, -0.25) is 4.18 Å². The van der Waals surface area contributed by atoms with Crippen LogP contribution in [-0.2, 0) is 38.1 Å². The summed E-state index contributed by atoms with van der Waals surface area (Å²) in [6.45, 7) is 3.21. The zero-order valence-electron chi connectivity index (χ0n) is 14.1. The molecule has 1 aliphatic rings. The van der Waals surface area contributed by atoms with E-state index in [1.165, 1.54) is 0 Å². The highest BCUT2D eigenvalue weighted by Crippen LogP contribution is 2.37. The minimum atomic E-state index is -6.63. The van der Waals surface area contributed by atoms with Gasteiger partial charge in [-0.2, -0.15) is 34.8 Å². The molecule has 28 heavy (non-hydrogen) atoms. The molecule has 0 radical (unpaired) electrons. The third-order valence-corrected chi connectivity index (χ3v) is 4.51. The molecule has 1 heterocycles. The quantitative estimate of drug-likeness (QED) is 0.193. The molecule has 1 rings (SSSR count). The molecule has 1 atom stereocenters. The van der Waals surface area contributed by atoms with Gasteiger partial charge in [0.15, 0.2) is 11.9 Å². The van der Waals surface area contributed by atoms with Crippen LogP contribution < -0.4 is 0 Å². The first-order chi connectivity index (χ1) is 12.5. The van der Waals surface area contributed by atoms with E-state index in [4.69, 9.17) is 9.47 Å². The summed E-state index contributed by atoms with van der Waals surface area (Å²) in [5.74, 6) is -9.57. The zero-order valence-corrected chi connectivity index (χ0v) is 14.9. The van der Waals surface area contributed by atoms with E-state index in [1.54, 1.807) is 0 Å². The first-order valence-corrected chi connectivity index (χ1v) is 8.69. The van der Waals surface area contributed by atoms with Crippen LogP contribution in [0.15, 0.2) is 12.4 Å². The third kappa shape index (κ3) is 5.89. The predicted molar refractivity (Wildman–Crippen MR) is 75.7 cm³/mol. The van der Waals surface area contributed by atoms with Crippen molar-refractivity contribution >= 4 is 22.1 Å². The fraction of sp³-hybridized carbons (Fsp3) is 0.692. The zero-order chi connectivity index (χ0) is 22.0. The second kappa shape index (κ2) is 8.34. The fourth-order valence-corrected chi connectivity index (χ4v) is 2.70. The van der Waals surface area contributed by atoms with Gasteiger partial charge in [-0.1, -0.05) is 6.58 Å². The summed E-state index contributed by atoms with van der Waals surface area (Å²) in [5.41, 5.74) is 0. The molecule has 0 amide bonds. The van der Waals surface area contributed by atoms with Crippen LogP contribution in [0.1, 0.15) is 19.8 Å². The van der Waals surface area contributed by atoms with Crippen LogP contribution in [-0.4, -0.2) is 56.9 Å². The molecule has 0 aliphatic carbocycles. The summed E-state index contributed by atoms with van der Waals surface area (Å²) in [7, 11) is -6.63. The Bertz CT molecular complexity index is 726. The molecule has 0 aromatic carbocycles. The lowest BCUT2D eigenvalue weighted by molar-refractivity contribution is -0.288. The Morgan fingerprint density at radius 3 is 2.11 bits per heavy atom. The molecular weight excluding hydrogens is 430 g/mol. The summed E-state index contributed by atoms with van der Waals surface area (Å²) < 4.78 is 119. The SMILES string of the molecule is C=C(F)C(=O)OC(=O)C(F)(F)S(=O)(=O)OC(CC1(C)OCCCO1)C(F)(F)F. The molecule has 8 nitrogen and oxygen atoms in total. The minimum absolute atomic E-state index is 0.0501. The Labute approximate surface area is 154 Å². The number of hydrogen-bond donors (Lipinski definition) is 0. The van der Waals surface area contributed by atoms with Gasteiger partial charge in [-0.05, 0) is 13.3 Å². The van der Waals surface area contributed by atoms with Crippen LogP contribution >= 0.6 is 0 Å². The molecule has 1 aliphatic heterocycles. The van der Waals surface area contributed by atoms with Gasteiger partial charge in [0.1, 0.15) is 0 Å². The Morgan fingerprint density at radius 1 is 1.18 bits per heavy atom. The van der Waals surface area contributed by atoms with Crippen molar-refractivity contribution in [1.82, 2.24) is 0 Å². The summed E-state index contributed by atoms with van der Waals surface area (Å²) in [6, 6.07) is 0. The lowest BCUT2D eigenvalue weighted by Gasteiger charge is -2.36. The second-order valence-corrected chi connectivity index (χ2v) is 7.18. The van der Waals surface area contributed by atoms with Gasteiger partial charge in [0.2, 0.25) is 5.83 Å². The lowest BCUT2D eigenvalue weighted by Crippen LogP contribution is -2.49. The molecule has 162 valence electrons. The summed E-state index contributed by atoms with van der Waals surface area (Å²) in [6.07, 6.45) is -9.95. The Kier molecular flexibility index (Phi) is 7.25. The van der Waals surface area contributed by atoms with E-state index in [0.717, 1.165) is 6.92 Å². The Morgan fingerprint density at radius 2 is 1.68 bits per heavy atom. The molecule has 1 saturated heterocycles. The highest BCUT2D eigenvalue weighted by Gasteiger charge is 2.60. The Hall–Kier alpha value is -1.71. The number of rotatable bonds is 7. The molecule has 15 heteroatoms. The minimum Gasteiger partial charge on any atom is -0.382 e. The number of ether oxygens (including phenoxy) is 3. The number of esters is 2. The van der Waals surface area contributed by atoms with Crippen molar-refractivity contribution in [3.05, 3.63) is 12.4 Å². The van der Waals surface area contributed by atoms with Gasteiger partial charge in [0, 0.05) is 6.42 Å². The van der Waals surface area contributed by atoms with E-state index in [2.05, 4.69) is 15.5 Å². The van der Waals surface area contributed by atoms with Crippen LogP contribution in [0.5, 0.6) is 0 Å². The molecule has 0 aromatic heterocycles. The van der Waals surface area contributed by atoms with Crippen molar-refractivity contribution < 1.29 is 62.7 Å². The average Bonchev–Trinajstić information content (AvgIpc) is 2.53. The van der Waals surface area contributed by atoms with Crippen molar-refractivity contribution in [1.29, 1.82) is 0 Å². The number of hydrogen-bond acceptors (Lipinski definition) is 8. The normalized spacial score (nSPS) is 19.0. The van der Waals surface area contributed by atoms with Gasteiger partial charge in [-0.15, -0.1) is 0 Å². The maximum atomic E-state index is 13.7. The van der Waals surface area contributed by atoms with E-state index >= 15 is 0 Å². The summed E-state index contributed by atoms with van der Waals surface area (Å²) in [5, 5.41) is -5.77. The van der Waals surface area contributed by atoms with Crippen molar-refractivity contribution in [3.8, 4) is 0 Å². The predicted octanol–water partition coefficient (Wildman–Crippen LogP) is 1.95. The van der Waals surface area contributed by atoms with Crippen LogP contribution in [0.25, 0.3) is 0 Å². The number of carbonyl (C=O) groups excluding carboxylic acids is 2. The summed E-state index contributed by atoms with van der Waals surface area (Å²) >= 11 is 0. The van der Waals surface area contributed by atoms with Crippen molar-refractivity contribution in [3.63, 3.8) is 0 Å². The molecule has 0 saturated carbocycles. The molecular formula is C13H14F6O8S. The molecule has 1 fully saturated rings.